The van der Waals surface area contributed by atoms with Gasteiger partial charge in [0.15, 0.2) is 5.13 Å². The van der Waals surface area contributed by atoms with Crippen molar-refractivity contribution in [3.63, 3.8) is 0 Å². The molecule has 0 spiro atoms. The van der Waals surface area contributed by atoms with Crippen molar-refractivity contribution < 1.29 is 4.84 Å². The molecule has 70 valence electrons. The zero-order valence-corrected chi connectivity index (χ0v) is 9.04. The van der Waals surface area contributed by atoms with Gasteiger partial charge in [-0.25, -0.2) is 4.98 Å². The number of hydrogen-bond acceptors (Lipinski definition) is 6. The first-order valence-corrected chi connectivity index (χ1v) is 4.84. The molecule has 13 heavy (non-hydrogen) atoms. The first-order valence-electron chi connectivity index (χ1n) is 3.17. The third kappa shape index (κ3) is 2.36. The zero-order valence-electron chi connectivity index (χ0n) is 6.65. The smallest absolute Gasteiger partial charge is 0.182 e. The van der Waals surface area contributed by atoms with E-state index >= 15 is 0 Å². The summed E-state index contributed by atoms with van der Waals surface area (Å²) >= 11 is 11.7. The lowest BCUT2D eigenvalue weighted by Gasteiger charge is -1.94. The molecule has 1 heterocycles. The number of thiocarbonyl (C=S) groups is 1. The number of halogens is 1. The van der Waals surface area contributed by atoms with Crippen molar-refractivity contribution in [1.29, 1.82) is 0 Å². The zero-order chi connectivity index (χ0) is 9.84. The maximum absolute atomic E-state index is 5.83. The second-order valence-corrected chi connectivity index (χ2v) is 3.82. The van der Waals surface area contributed by atoms with Gasteiger partial charge in [-0.15, -0.1) is 0 Å². The van der Waals surface area contributed by atoms with Gasteiger partial charge < -0.3 is 10.6 Å². The molecule has 4 nitrogen and oxygen atoms in total. The molecule has 0 unspecified atom stereocenters. The number of thiazole rings is 1. The van der Waals surface area contributed by atoms with Gasteiger partial charge >= 0.3 is 0 Å². The molecule has 0 atom stereocenters. The minimum absolute atomic E-state index is 0.376. The second kappa shape index (κ2) is 4.50. The normalized spacial score (nSPS) is 11.4. The standard InChI is InChI=1S/C6H6ClN3OS2/c1-11-10-3(2-12)4-5(7)13-6(8)9-4/h2H,1H3,(H2,8,9)/b10-3+. The number of nitrogens with zero attached hydrogens (tertiary/aromatic N) is 2. The third-order valence-corrected chi connectivity index (χ3v) is 2.45. The highest BCUT2D eigenvalue weighted by Crippen LogP contribution is 2.26. The fraction of sp³-hybridized carbons (Fsp3) is 0.167. The molecule has 0 aliphatic carbocycles. The lowest BCUT2D eigenvalue weighted by Crippen LogP contribution is -2.03. The Labute approximate surface area is 89.4 Å². The molecule has 0 aliphatic rings. The van der Waals surface area contributed by atoms with Gasteiger partial charge in [-0.2, -0.15) is 0 Å². The summed E-state index contributed by atoms with van der Waals surface area (Å²) in [4.78, 5) is 8.52. The van der Waals surface area contributed by atoms with E-state index in [4.69, 9.17) is 29.6 Å². The fourth-order valence-corrected chi connectivity index (χ4v) is 1.79. The summed E-state index contributed by atoms with van der Waals surface area (Å²) in [5.41, 5.74) is 6.31. The van der Waals surface area contributed by atoms with Crippen molar-refractivity contribution in [1.82, 2.24) is 4.98 Å². The van der Waals surface area contributed by atoms with Crippen molar-refractivity contribution in [3.05, 3.63) is 10.0 Å². The van der Waals surface area contributed by atoms with Crippen LogP contribution in [0.1, 0.15) is 5.69 Å². The van der Waals surface area contributed by atoms with Crippen molar-refractivity contribution in [2.24, 2.45) is 5.16 Å². The Bertz CT molecular complexity index is 350. The van der Waals surface area contributed by atoms with E-state index in [0.717, 1.165) is 0 Å². The largest absolute Gasteiger partial charge is 0.399 e. The Morgan fingerprint density at radius 3 is 2.92 bits per heavy atom. The molecule has 7 heteroatoms. The van der Waals surface area contributed by atoms with Crippen LogP contribution in [-0.2, 0) is 4.84 Å². The van der Waals surface area contributed by atoms with Crippen LogP contribution in [0, 0.1) is 0 Å². The van der Waals surface area contributed by atoms with E-state index in [9.17, 15) is 0 Å². The molecule has 0 aliphatic heterocycles. The summed E-state index contributed by atoms with van der Waals surface area (Å²) in [6, 6.07) is 0. The van der Waals surface area contributed by atoms with Crippen molar-refractivity contribution in [2.75, 3.05) is 12.8 Å². The summed E-state index contributed by atoms with van der Waals surface area (Å²) < 4.78 is 0.453. The van der Waals surface area contributed by atoms with Crippen LogP contribution in [0.5, 0.6) is 0 Å². The van der Waals surface area contributed by atoms with Gasteiger partial charge in [-0.05, 0) is 0 Å². The quantitative estimate of drug-likeness (QED) is 0.493. The Hall–Kier alpha value is -0.720. The van der Waals surface area contributed by atoms with Gasteiger partial charge in [-0.3, -0.25) is 0 Å². The van der Waals surface area contributed by atoms with Crippen LogP contribution in [-0.4, -0.2) is 23.2 Å². The van der Waals surface area contributed by atoms with Crippen LogP contribution in [0.25, 0.3) is 0 Å². The van der Waals surface area contributed by atoms with Crippen LogP contribution in [0.15, 0.2) is 5.16 Å². The van der Waals surface area contributed by atoms with E-state index < -0.39 is 0 Å². The van der Waals surface area contributed by atoms with E-state index in [0.29, 0.717) is 20.9 Å². The Morgan fingerprint density at radius 1 is 1.85 bits per heavy atom. The monoisotopic (exact) mass is 235 g/mol. The summed E-state index contributed by atoms with van der Waals surface area (Å²) in [7, 11) is 1.42. The summed E-state index contributed by atoms with van der Waals surface area (Å²) in [5.74, 6) is 0. The van der Waals surface area contributed by atoms with Crippen LogP contribution in [0.2, 0.25) is 4.34 Å². The minimum atomic E-state index is 0.376. The van der Waals surface area contributed by atoms with Crippen molar-refractivity contribution >= 4 is 51.4 Å². The topological polar surface area (TPSA) is 60.5 Å². The van der Waals surface area contributed by atoms with Crippen LogP contribution in [0.3, 0.4) is 0 Å². The molecule has 0 amide bonds. The number of aromatic nitrogens is 1. The molecule has 0 radical (unpaired) electrons. The van der Waals surface area contributed by atoms with E-state index in [1.54, 1.807) is 0 Å². The first-order chi connectivity index (χ1) is 6.19. The Kier molecular flexibility index (Phi) is 3.58. The van der Waals surface area contributed by atoms with Crippen LogP contribution < -0.4 is 5.73 Å². The molecular formula is C6H6ClN3OS2. The summed E-state index contributed by atoms with van der Waals surface area (Å²) in [5, 5.41) is 5.36. The van der Waals surface area contributed by atoms with Crippen LogP contribution in [0.4, 0.5) is 5.13 Å². The van der Waals surface area contributed by atoms with Gasteiger partial charge in [-0.1, -0.05) is 40.3 Å². The first kappa shape index (κ1) is 10.4. The van der Waals surface area contributed by atoms with Crippen molar-refractivity contribution in [2.45, 2.75) is 0 Å². The molecular weight excluding hydrogens is 230 g/mol. The van der Waals surface area contributed by atoms with E-state index in [1.165, 1.54) is 23.8 Å². The highest BCUT2D eigenvalue weighted by Gasteiger charge is 2.12. The van der Waals surface area contributed by atoms with Crippen molar-refractivity contribution in [3.8, 4) is 0 Å². The molecule has 1 aromatic rings. The number of hydrogen-bond donors (Lipinski definition) is 1. The Morgan fingerprint density at radius 2 is 2.54 bits per heavy atom. The number of anilines is 1. The molecule has 0 aromatic carbocycles. The van der Waals surface area contributed by atoms with Crippen LogP contribution >= 0.6 is 35.2 Å². The lowest BCUT2D eigenvalue weighted by molar-refractivity contribution is 0.214. The molecule has 0 bridgehead atoms. The predicted molar refractivity (Wildman–Crippen MR) is 58.7 cm³/mol. The summed E-state index contributed by atoms with van der Waals surface area (Å²) in [6.07, 6.45) is 0. The van der Waals surface area contributed by atoms with Gasteiger partial charge in [0.2, 0.25) is 0 Å². The average molecular weight is 236 g/mol. The van der Waals surface area contributed by atoms with Gasteiger partial charge in [0.1, 0.15) is 22.9 Å². The van der Waals surface area contributed by atoms with E-state index in [-0.39, 0.29) is 0 Å². The number of rotatable bonds is 3. The maximum Gasteiger partial charge on any atom is 0.182 e. The highest BCUT2D eigenvalue weighted by molar-refractivity contribution is 7.80. The molecule has 1 aromatic heterocycles. The van der Waals surface area contributed by atoms with Gasteiger partial charge in [0, 0.05) is 5.37 Å². The predicted octanol–water partition coefficient (Wildman–Crippen LogP) is 1.73. The Balaban J connectivity index is 3.11. The minimum Gasteiger partial charge on any atom is -0.399 e. The average Bonchev–Trinajstić information content (AvgIpc) is 2.41. The lowest BCUT2D eigenvalue weighted by atomic mass is 10.3. The molecule has 0 fully saturated rings. The number of nitrogens with two attached hydrogens (primary N) is 1. The van der Waals surface area contributed by atoms with Gasteiger partial charge in [0.25, 0.3) is 0 Å². The SMILES string of the molecule is CO/N=C(\C=S)c1nc(N)sc1Cl. The molecule has 0 saturated heterocycles. The molecule has 1 rings (SSSR count). The number of oxime groups is 1. The van der Waals surface area contributed by atoms with E-state index in [1.807, 2.05) is 0 Å². The number of nitrogen functional groups attached to an aromatic ring is 1. The fourth-order valence-electron chi connectivity index (χ4n) is 0.694. The molecule has 2 N–H and O–H groups in total. The second-order valence-electron chi connectivity index (χ2n) is 1.95. The third-order valence-electron chi connectivity index (χ3n) is 1.15. The van der Waals surface area contributed by atoms with E-state index in [2.05, 4.69) is 15.0 Å². The van der Waals surface area contributed by atoms with Gasteiger partial charge in [0.05, 0.1) is 0 Å². The highest BCUT2D eigenvalue weighted by atomic mass is 35.5. The summed E-state index contributed by atoms with van der Waals surface area (Å²) in [6.45, 7) is 0. The maximum atomic E-state index is 5.83. The molecule has 0 saturated carbocycles.